The average Bonchev–Trinajstić information content (AvgIpc) is 3.43. The molecule has 4 rings (SSSR count). The molecule has 0 aliphatic carbocycles. The first-order valence-corrected chi connectivity index (χ1v) is 10.2. The van der Waals surface area contributed by atoms with Crippen LogP contribution in [0.5, 0.6) is 16.7 Å². The van der Waals surface area contributed by atoms with E-state index in [4.69, 9.17) is 19.3 Å². The van der Waals surface area contributed by atoms with Crippen molar-refractivity contribution in [2.45, 2.75) is 26.2 Å². The van der Waals surface area contributed by atoms with E-state index in [1.807, 2.05) is 24.3 Å². The molecule has 9 heteroatoms. The van der Waals surface area contributed by atoms with Crippen molar-refractivity contribution in [1.82, 2.24) is 24.8 Å². The predicted molar refractivity (Wildman–Crippen MR) is 115 cm³/mol. The summed E-state index contributed by atoms with van der Waals surface area (Å²) in [4.78, 5) is 5.21. The lowest BCUT2D eigenvalue weighted by Gasteiger charge is -2.14. The standard InChI is InChI=1S/C21H23N5O3S/c1-21(2,3)17-15(10-13-11-22-20(29-6)30-13)19-24-23-18(26(19)25-17)14-9-12(27-4)7-8-16(14)28-5/h7-11H,1-6H3/b15-10-. The monoisotopic (exact) mass is 425 g/mol. The maximum Gasteiger partial charge on any atom is 0.273 e. The van der Waals surface area contributed by atoms with Crippen molar-refractivity contribution in [1.29, 1.82) is 0 Å². The van der Waals surface area contributed by atoms with Crippen LogP contribution >= 0.6 is 11.3 Å². The van der Waals surface area contributed by atoms with Crippen molar-refractivity contribution in [3.63, 3.8) is 0 Å². The van der Waals surface area contributed by atoms with Crippen LogP contribution in [0.15, 0.2) is 24.4 Å². The van der Waals surface area contributed by atoms with E-state index < -0.39 is 0 Å². The molecule has 0 N–H and O–H groups in total. The van der Waals surface area contributed by atoms with E-state index in [9.17, 15) is 0 Å². The van der Waals surface area contributed by atoms with Crippen LogP contribution < -0.4 is 19.4 Å². The van der Waals surface area contributed by atoms with Gasteiger partial charge in [-0.3, -0.25) is 0 Å². The molecule has 0 aliphatic heterocycles. The van der Waals surface area contributed by atoms with Crippen molar-refractivity contribution in [2.24, 2.45) is 0 Å². The second-order valence-corrected chi connectivity index (χ2v) is 8.74. The number of hydrogen-bond acceptors (Lipinski definition) is 8. The smallest absolute Gasteiger partial charge is 0.273 e. The van der Waals surface area contributed by atoms with Gasteiger partial charge in [0.2, 0.25) is 0 Å². The quantitative estimate of drug-likeness (QED) is 0.486. The Kier molecular flexibility index (Phi) is 5.07. The summed E-state index contributed by atoms with van der Waals surface area (Å²) in [5, 5.41) is 15.3. The van der Waals surface area contributed by atoms with Gasteiger partial charge in [0.1, 0.15) is 11.5 Å². The number of benzene rings is 1. The molecule has 4 aromatic rings. The van der Waals surface area contributed by atoms with Gasteiger partial charge in [-0.1, -0.05) is 32.1 Å². The van der Waals surface area contributed by atoms with Crippen molar-refractivity contribution < 1.29 is 14.2 Å². The number of fused-ring (bicyclic) bond motifs is 1. The van der Waals surface area contributed by atoms with Gasteiger partial charge in [0, 0.05) is 16.8 Å². The van der Waals surface area contributed by atoms with Gasteiger partial charge in [0.15, 0.2) is 11.5 Å². The van der Waals surface area contributed by atoms with Crippen LogP contribution in [-0.2, 0) is 5.41 Å². The Morgan fingerprint density at radius 1 is 1.03 bits per heavy atom. The van der Waals surface area contributed by atoms with Gasteiger partial charge in [0.05, 0.1) is 37.5 Å². The van der Waals surface area contributed by atoms with Gasteiger partial charge in [-0.15, -0.1) is 10.2 Å². The molecule has 0 atom stereocenters. The SMILES string of the molecule is COc1ccc(OC)c(-c2nnc3/c(=C\c4cnc(OC)s4)c(C(C)(C)C)nn23)c1. The van der Waals surface area contributed by atoms with Gasteiger partial charge < -0.3 is 14.2 Å². The highest BCUT2D eigenvalue weighted by Crippen LogP contribution is 2.32. The molecule has 3 heterocycles. The number of hydrogen-bond donors (Lipinski definition) is 0. The molecule has 0 fully saturated rings. The minimum Gasteiger partial charge on any atom is -0.497 e. The molecule has 30 heavy (non-hydrogen) atoms. The molecule has 8 nitrogen and oxygen atoms in total. The molecule has 0 saturated carbocycles. The largest absolute Gasteiger partial charge is 0.497 e. The summed E-state index contributed by atoms with van der Waals surface area (Å²) in [6.07, 6.45) is 3.81. The molecular formula is C21H23N5O3S. The second-order valence-electron chi connectivity index (χ2n) is 7.71. The van der Waals surface area contributed by atoms with Gasteiger partial charge in [-0.25, -0.2) is 4.98 Å². The predicted octanol–water partition coefficient (Wildman–Crippen LogP) is 3.12. The maximum atomic E-state index is 5.54. The van der Waals surface area contributed by atoms with Crippen LogP contribution in [-0.4, -0.2) is 46.1 Å². The van der Waals surface area contributed by atoms with Crippen molar-refractivity contribution in [3.8, 4) is 28.1 Å². The maximum absolute atomic E-state index is 5.54. The summed E-state index contributed by atoms with van der Waals surface area (Å²) in [5.74, 6) is 1.96. The number of aromatic nitrogens is 5. The van der Waals surface area contributed by atoms with Gasteiger partial charge in [-0.2, -0.15) is 9.61 Å². The lowest BCUT2D eigenvalue weighted by molar-refractivity contribution is 0.404. The first-order valence-electron chi connectivity index (χ1n) is 9.35. The highest BCUT2D eigenvalue weighted by Gasteiger charge is 2.25. The number of rotatable bonds is 5. The fourth-order valence-corrected chi connectivity index (χ4v) is 3.89. The van der Waals surface area contributed by atoms with E-state index >= 15 is 0 Å². The van der Waals surface area contributed by atoms with Gasteiger partial charge in [-0.05, 0) is 24.3 Å². The Morgan fingerprint density at radius 2 is 1.83 bits per heavy atom. The van der Waals surface area contributed by atoms with Crippen LogP contribution in [0.3, 0.4) is 0 Å². The lowest BCUT2D eigenvalue weighted by atomic mass is 9.91. The zero-order chi connectivity index (χ0) is 21.5. The van der Waals surface area contributed by atoms with Crippen LogP contribution in [0.25, 0.3) is 23.1 Å². The Labute approximate surface area is 178 Å². The Bertz CT molecular complexity index is 1260. The molecule has 0 bridgehead atoms. The topological polar surface area (TPSA) is 83.7 Å². The molecule has 0 aliphatic rings. The molecule has 1 aromatic carbocycles. The number of ether oxygens (including phenoxy) is 3. The molecule has 0 radical (unpaired) electrons. The molecule has 0 saturated heterocycles. The van der Waals surface area contributed by atoms with Crippen molar-refractivity contribution in [3.05, 3.63) is 40.2 Å². The molecule has 3 aromatic heterocycles. The summed E-state index contributed by atoms with van der Waals surface area (Å²) < 4.78 is 17.9. The summed E-state index contributed by atoms with van der Waals surface area (Å²) in [6, 6.07) is 5.56. The van der Waals surface area contributed by atoms with Gasteiger partial charge >= 0.3 is 0 Å². The fourth-order valence-electron chi connectivity index (χ4n) is 3.22. The Hall–Kier alpha value is -3.20. The lowest BCUT2D eigenvalue weighted by Crippen LogP contribution is -2.22. The highest BCUT2D eigenvalue weighted by atomic mass is 32.1. The third kappa shape index (κ3) is 3.45. The molecule has 0 amide bonds. The van der Waals surface area contributed by atoms with Gasteiger partial charge in [0.25, 0.3) is 5.19 Å². The third-order valence-corrected chi connectivity index (χ3v) is 5.56. The molecule has 156 valence electrons. The summed E-state index contributed by atoms with van der Waals surface area (Å²) in [5.41, 5.74) is 2.15. The normalized spacial score (nSPS) is 12.5. The Morgan fingerprint density at radius 3 is 2.47 bits per heavy atom. The van der Waals surface area contributed by atoms with Crippen LogP contribution in [0, 0.1) is 0 Å². The van der Waals surface area contributed by atoms with Crippen molar-refractivity contribution in [2.75, 3.05) is 21.3 Å². The number of thiazole rings is 1. The average molecular weight is 426 g/mol. The summed E-state index contributed by atoms with van der Waals surface area (Å²) in [6.45, 7) is 6.37. The number of methoxy groups -OCH3 is 3. The summed E-state index contributed by atoms with van der Waals surface area (Å²) >= 11 is 1.46. The minimum absolute atomic E-state index is 0.197. The summed E-state index contributed by atoms with van der Waals surface area (Å²) in [7, 11) is 4.86. The molecule has 0 unspecified atom stereocenters. The van der Waals surface area contributed by atoms with E-state index in [1.54, 1.807) is 32.0 Å². The van der Waals surface area contributed by atoms with E-state index in [0.29, 0.717) is 28.2 Å². The van der Waals surface area contributed by atoms with Crippen LogP contribution in [0.4, 0.5) is 0 Å². The fraction of sp³-hybridized carbons (Fsp3) is 0.333. The zero-order valence-electron chi connectivity index (χ0n) is 17.8. The number of nitrogens with zero attached hydrogens (tertiary/aromatic N) is 5. The van der Waals surface area contributed by atoms with Crippen LogP contribution in [0.2, 0.25) is 0 Å². The first-order chi connectivity index (χ1) is 14.4. The van der Waals surface area contributed by atoms with E-state index in [0.717, 1.165) is 21.4 Å². The Balaban J connectivity index is 1.98. The molecule has 0 spiro atoms. The third-order valence-electron chi connectivity index (χ3n) is 4.66. The van der Waals surface area contributed by atoms with Crippen molar-refractivity contribution >= 4 is 23.1 Å². The minimum atomic E-state index is -0.197. The van der Waals surface area contributed by atoms with Crippen LogP contribution in [0.1, 0.15) is 31.3 Å². The first kappa shape index (κ1) is 20.1. The highest BCUT2D eigenvalue weighted by molar-refractivity contribution is 7.14. The van der Waals surface area contributed by atoms with E-state index in [1.165, 1.54) is 11.3 Å². The van der Waals surface area contributed by atoms with E-state index in [-0.39, 0.29) is 5.41 Å². The zero-order valence-corrected chi connectivity index (χ0v) is 18.6. The van der Waals surface area contributed by atoms with E-state index in [2.05, 4.69) is 36.0 Å². The second kappa shape index (κ2) is 7.56. The molecular weight excluding hydrogens is 402 g/mol.